The minimum atomic E-state index is 0.0583. The van der Waals surface area contributed by atoms with Crippen LogP contribution < -0.4 is 4.90 Å². The third-order valence-electron chi connectivity index (χ3n) is 4.53. The maximum absolute atomic E-state index is 12.5. The van der Waals surface area contributed by atoms with Gasteiger partial charge in [0.1, 0.15) is 6.04 Å². The van der Waals surface area contributed by atoms with Crippen molar-refractivity contribution in [2.75, 3.05) is 19.8 Å². The normalized spacial score (nSPS) is 12.5. The van der Waals surface area contributed by atoms with E-state index in [-0.39, 0.29) is 11.8 Å². The van der Waals surface area contributed by atoms with Gasteiger partial charge in [-0.15, -0.1) is 21.5 Å². The van der Waals surface area contributed by atoms with Crippen LogP contribution in [0.4, 0.5) is 0 Å². The van der Waals surface area contributed by atoms with Gasteiger partial charge >= 0.3 is 0 Å². The number of thiophene rings is 1. The fourth-order valence-electron chi connectivity index (χ4n) is 3.09. The van der Waals surface area contributed by atoms with Gasteiger partial charge in [-0.1, -0.05) is 60.6 Å². The summed E-state index contributed by atoms with van der Waals surface area (Å²) < 4.78 is 2.78. The van der Waals surface area contributed by atoms with Crippen molar-refractivity contribution in [3.05, 3.63) is 63.1 Å². The molecule has 0 unspecified atom stereocenters. The summed E-state index contributed by atoms with van der Waals surface area (Å²) >= 11 is 8.70. The molecule has 0 saturated heterocycles. The van der Waals surface area contributed by atoms with Gasteiger partial charge < -0.3 is 4.90 Å². The highest BCUT2D eigenvalue weighted by molar-refractivity contribution is 7.99. The number of benzene rings is 1. The summed E-state index contributed by atoms with van der Waals surface area (Å²) in [5.41, 5.74) is 1.19. The monoisotopic (exact) mass is 435 g/mol. The quantitative estimate of drug-likeness (QED) is 0.412. The van der Waals surface area contributed by atoms with E-state index in [0.717, 1.165) is 17.4 Å². The topological polar surface area (TPSA) is 52.2 Å². The molecule has 0 bridgehead atoms. The van der Waals surface area contributed by atoms with Gasteiger partial charge in [0.15, 0.2) is 16.8 Å². The number of Topliss-reactive ketones (excluding diaryl/α,β-unsaturated/α-hetero) is 1. The van der Waals surface area contributed by atoms with Crippen molar-refractivity contribution < 1.29 is 9.69 Å². The molecule has 8 heteroatoms. The second-order valence-electron chi connectivity index (χ2n) is 6.77. The highest BCUT2D eigenvalue weighted by Crippen LogP contribution is 2.26. The molecule has 5 nitrogen and oxygen atoms in total. The summed E-state index contributed by atoms with van der Waals surface area (Å²) in [7, 11) is 4.26. The predicted octanol–water partition coefficient (Wildman–Crippen LogP) is 3.61. The number of aromatic nitrogens is 3. The Morgan fingerprint density at radius 1 is 1.21 bits per heavy atom. The van der Waals surface area contributed by atoms with E-state index in [9.17, 15) is 4.79 Å². The van der Waals surface area contributed by atoms with Crippen molar-refractivity contribution >= 4 is 40.5 Å². The van der Waals surface area contributed by atoms with Crippen molar-refractivity contribution in [1.82, 2.24) is 14.8 Å². The van der Waals surface area contributed by atoms with Crippen LogP contribution in [0, 0.1) is 0 Å². The molecule has 0 amide bonds. The lowest BCUT2D eigenvalue weighted by molar-refractivity contribution is -0.893. The Morgan fingerprint density at radius 2 is 1.96 bits per heavy atom. The van der Waals surface area contributed by atoms with Crippen LogP contribution in [0.5, 0.6) is 0 Å². The Hall–Kier alpha value is -1.67. The SMILES string of the molecule is CC[C@H](c1nnc(SCC(=O)c2ccc(Cl)s2)n1Cc1ccccc1)[NH+](C)C. The van der Waals surface area contributed by atoms with E-state index in [1.165, 1.54) is 33.6 Å². The smallest absolute Gasteiger partial charge is 0.192 e. The molecule has 0 aliphatic carbocycles. The number of rotatable bonds is 9. The molecule has 1 atom stereocenters. The molecular weight excluding hydrogens is 412 g/mol. The predicted molar refractivity (Wildman–Crippen MR) is 116 cm³/mol. The van der Waals surface area contributed by atoms with Crippen molar-refractivity contribution in [3.63, 3.8) is 0 Å². The van der Waals surface area contributed by atoms with Crippen LogP contribution in [0.15, 0.2) is 47.6 Å². The standard InChI is InChI=1S/C20H23ClN4OS2/c1-4-15(24(2)3)19-22-23-20(25(19)12-14-8-6-5-7-9-14)27-13-16(26)17-10-11-18(21)28-17/h5-11,15H,4,12-13H2,1-3H3/p+1/t15-/m1/s1. The van der Waals surface area contributed by atoms with E-state index in [1.54, 1.807) is 12.1 Å². The lowest BCUT2D eigenvalue weighted by Crippen LogP contribution is -3.06. The highest BCUT2D eigenvalue weighted by atomic mass is 35.5. The highest BCUT2D eigenvalue weighted by Gasteiger charge is 2.25. The van der Waals surface area contributed by atoms with E-state index in [1.807, 2.05) is 18.2 Å². The number of nitrogens with one attached hydrogen (secondary N) is 1. The van der Waals surface area contributed by atoms with Gasteiger partial charge in [0, 0.05) is 6.42 Å². The first-order chi connectivity index (χ1) is 13.5. The zero-order valence-corrected chi connectivity index (χ0v) is 18.6. The maximum atomic E-state index is 12.5. The van der Waals surface area contributed by atoms with Crippen molar-refractivity contribution in [2.45, 2.75) is 31.1 Å². The lowest BCUT2D eigenvalue weighted by Gasteiger charge is -2.20. The third kappa shape index (κ3) is 5.03. The first-order valence-electron chi connectivity index (χ1n) is 9.18. The number of halogens is 1. The minimum absolute atomic E-state index is 0.0583. The van der Waals surface area contributed by atoms with Gasteiger partial charge in [-0.05, 0) is 17.7 Å². The van der Waals surface area contributed by atoms with E-state index in [4.69, 9.17) is 11.6 Å². The Balaban J connectivity index is 1.85. The maximum Gasteiger partial charge on any atom is 0.192 e. The van der Waals surface area contributed by atoms with Crippen molar-refractivity contribution in [1.29, 1.82) is 0 Å². The zero-order valence-electron chi connectivity index (χ0n) is 16.2. The molecule has 3 aromatic rings. The van der Waals surface area contributed by atoms with E-state index < -0.39 is 0 Å². The summed E-state index contributed by atoms with van der Waals surface area (Å²) in [4.78, 5) is 14.5. The van der Waals surface area contributed by atoms with Crippen LogP contribution in [-0.2, 0) is 6.54 Å². The number of carbonyl (C=O) groups excluding carboxylic acids is 1. The molecule has 28 heavy (non-hydrogen) atoms. The Morgan fingerprint density at radius 3 is 2.57 bits per heavy atom. The number of quaternary nitrogens is 1. The summed E-state index contributed by atoms with van der Waals surface area (Å²) in [5.74, 6) is 1.33. The molecule has 0 fully saturated rings. The molecule has 3 rings (SSSR count). The van der Waals surface area contributed by atoms with Gasteiger partial charge in [-0.25, -0.2) is 0 Å². The van der Waals surface area contributed by atoms with Crippen LogP contribution in [0.1, 0.15) is 40.4 Å². The Labute approximate surface area is 178 Å². The molecule has 2 aromatic heterocycles. The summed E-state index contributed by atoms with van der Waals surface area (Å²) in [6, 6.07) is 14.0. The molecule has 0 aliphatic heterocycles. The van der Waals surface area contributed by atoms with Crippen LogP contribution in [0.25, 0.3) is 0 Å². The zero-order chi connectivity index (χ0) is 20.1. The fraction of sp³-hybridized carbons (Fsp3) is 0.350. The first-order valence-corrected chi connectivity index (χ1v) is 11.4. The summed E-state index contributed by atoms with van der Waals surface area (Å²) in [6.07, 6.45) is 0.965. The van der Waals surface area contributed by atoms with Crippen LogP contribution >= 0.6 is 34.7 Å². The average Bonchev–Trinajstić information content (AvgIpc) is 3.28. The number of hydrogen-bond donors (Lipinski definition) is 1. The molecule has 0 spiro atoms. The average molecular weight is 436 g/mol. The van der Waals surface area contributed by atoms with E-state index in [2.05, 4.69) is 47.9 Å². The fourth-order valence-corrected chi connectivity index (χ4v) is 4.99. The van der Waals surface area contributed by atoms with Crippen LogP contribution in [0.3, 0.4) is 0 Å². The molecule has 148 valence electrons. The molecule has 0 aliphatic rings. The second kappa shape index (κ2) is 9.69. The number of thioether (sulfide) groups is 1. The van der Waals surface area contributed by atoms with Gasteiger partial charge in [-0.2, -0.15) is 0 Å². The Bertz CT molecular complexity index is 923. The summed E-state index contributed by atoms with van der Waals surface area (Å²) in [6.45, 7) is 2.85. The molecule has 0 saturated carbocycles. The van der Waals surface area contributed by atoms with Gasteiger partial charge in [0.2, 0.25) is 0 Å². The lowest BCUT2D eigenvalue weighted by atomic mass is 10.2. The third-order valence-corrected chi connectivity index (χ3v) is 6.77. The number of hydrogen-bond acceptors (Lipinski definition) is 5. The number of carbonyl (C=O) groups is 1. The molecular formula is C20H24ClN4OS2+. The van der Waals surface area contributed by atoms with Crippen molar-refractivity contribution in [3.8, 4) is 0 Å². The first kappa shape index (κ1) is 21.0. The molecule has 2 heterocycles. The number of nitrogens with zero attached hydrogens (tertiary/aromatic N) is 3. The van der Waals surface area contributed by atoms with Crippen LogP contribution in [0.2, 0.25) is 4.34 Å². The van der Waals surface area contributed by atoms with E-state index in [0.29, 0.717) is 21.5 Å². The van der Waals surface area contributed by atoms with Crippen molar-refractivity contribution in [2.24, 2.45) is 0 Å². The number of ketones is 1. The van der Waals surface area contributed by atoms with Gasteiger partial charge in [-0.3, -0.25) is 9.36 Å². The molecule has 1 N–H and O–H groups in total. The largest absolute Gasteiger partial charge is 0.331 e. The van der Waals surface area contributed by atoms with Gasteiger partial charge in [0.05, 0.1) is 35.6 Å². The van der Waals surface area contributed by atoms with Crippen LogP contribution in [-0.4, -0.2) is 40.4 Å². The second-order valence-corrected chi connectivity index (χ2v) is 9.42. The van der Waals surface area contributed by atoms with Gasteiger partial charge in [0.25, 0.3) is 0 Å². The minimum Gasteiger partial charge on any atom is -0.331 e. The van der Waals surface area contributed by atoms with E-state index >= 15 is 0 Å². The Kier molecular flexibility index (Phi) is 7.29. The summed E-state index contributed by atoms with van der Waals surface area (Å²) in [5, 5.41) is 9.70. The molecule has 1 aromatic carbocycles. The molecule has 0 radical (unpaired) electrons.